The standard InChI is InChI=1S/C15H23NO2/c1-3-14-10-15(11-17,7-8-18-14)16-13-6-4-5-12(2)9-13/h4-6,9,14,16-17H,3,7-8,10-11H2,1-2H3. The van der Waals surface area contributed by atoms with Crippen LogP contribution in [0.3, 0.4) is 0 Å². The van der Waals surface area contributed by atoms with Crippen LogP contribution < -0.4 is 5.32 Å². The molecule has 18 heavy (non-hydrogen) atoms. The van der Waals surface area contributed by atoms with Crippen LogP contribution in [0.2, 0.25) is 0 Å². The Labute approximate surface area is 109 Å². The van der Waals surface area contributed by atoms with Crippen molar-refractivity contribution < 1.29 is 9.84 Å². The lowest BCUT2D eigenvalue weighted by atomic mass is 9.86. The van der Waals surface area contributed by atoms with Crippen molar-refractivity contribution in [3.63, 3.8) is 0 Å². The minimum absolute atomic E-state index is 0.154. The first-order chi connectivity index (χ1) is 8.67. The molecule has 2 atom stereocenters. The first kappa shape index (κ1) is 13.4. The third kappa shape index (κ3) is 3.03. The number of rotatable bonds is 4. The van der Waals surface area contributed by atoms with Gasteiger partial charge >= 0.3 is 0 Å². The highest BCUT2D eigenvalue weighted by Gasteiger charge is 2.35. The molecule has 1 aliphatic rings. The molecule has 1 saturated heterocycles. The number of hydrogen-bond acceptors (Lipinski definition) is 3. The highest BCUT2D eigenvalue weighted by atomic mass is 16.5. The Balaban J connectivity index is 2.12. The smallest absolute Gasteiger partial charge is 0.0663 e. The predicted octanol–water partition coefficient (Wildman–Crippen LogP) is 2.73. The summed E-state index contributed by atoms with van der Waals surface area (Å²) < 4.78 is 5.69. The van der Waals surface area contributed by atoms with Crippen LogP contribution in [0.4, 0.5) is 5.69 Å². The lowest BCUT2D eigenvalue weighted by Gasteiger charge is -2.41. The average molecular weight is 249 g/mol. The van der Waals surface area contributed by atoms with Gasteiger partial charge in [-0.2, -0.15) is 0 Å². The van der Waals surface area contributed by atoms with Gasteiger partial charge in [-0.25, -0.2) is 0 Å². The fourth-order valence-electron chi connectivity index (χ4n) is 2.61. The van der Waals surface area contributed by atoms with Crippen LogP contribution in [-0.4, -0.2) is 30.0 Å². The summed E-state index contributed by atoms with van der Waals surface area (Å²) in [6.07, 6.45) is 2.97. The van der Waals surface area contributed by atoms with E-state index in [0.29, 0.717) is 0 Å². The molecule has 1 fully saturated rings. The summed E-state index contributed by atoms with van der Waals surface area (Å²) in [5.74, 6) is 0. The molecule has 2 unspecified atom stereocenters. The van der Waals surface area contributed by atoms with E-state index < -0.39 is 0 Å². The van der Waals surface area contributed by atoms with Gasteiger partial charge in [-0.1, -0.05) is 19.1 Å². The van der Waals surface area contributed by atoms with Gasteiger partial charge in [-0.15, -0.1) is 0 Å². The van der Waals surface area contributed by atoms with Crippen LogP contribution in [-0.2, 0) is 4.74 Å². The second kappa shape index (κ2) is 5.72. The van der Waals surface area contributed by atoms with Crippen LogP contribution in [0.15, 0.2) is 24.3 Å². The van der Waals surface area contributed by atoms with Crippen LogP contribution in [0.5, 0.6) is 0 Å². The molecule has 1 heterocycles. The van der Waals surface area contributed by atoms with Crippen LogP contribution in [0.25, 0.3) is 0 Å². The minimum Gasteiger partial charge on any atom is -0.394 e. The molecule has 3 heteroatoms. The van der Waals surface area contributed by atoms with E-state index in [0.717, 1.165) is 31.6 Å². The summed E-state index contributed by atoms with van der Waals surface area (Å²) in [4.78, 5) is 0. The molecule has 1 aromatic rings. The lowest BCUT2D eigenvalue weighted by Crippen LogP contribution is -2.49. The zero-order valence-electron chi connectivity index (χ0n) is 11.3. The van der Waals surface area contributed by atoms with Crippen LogP contribution >= 0.6 is 0 Å². The third-order valence-corrected chi connectivity index (χ3v) is 3.74. The Kier molecular flexibility index (Phi) is 4.25. The molecule has 0 aliphatic carbocycles. The quantitative estimate of drug-likeness (QED) is 0.862. The van der Waals surface area contributed by atoms with Crippen molar-refractivity contribution >= 4 is 5.69 Å². The summed E-state index contributed by atoms with van der Waals surface area (Å²) in [6.45, 7) is 5.08. The maximum absolute atomic E-state index is 9.77. The Morgan fingerprint density at radius 3 is 3.00 bits per heavy atom. The number of hydrogen-bond donors (Lipinski definition) is 2. The van der Waals surface area contributed by atoms with Crippen molar-refractivity contribution in [3.8, 4) is 0 Å². The van der Waals surface area contributed by atoms with E-state index >= 15 is 0 Å². The number of aliphatic hydroxyl groups is 1. The van der Waals surface area contributed by atoms with E-state index in [-0.39, 0.29) is 18.2 Å². The zero-order chi connectivity index (χ0) is 13.0. The van der Waals surface area contributed by atoms with Crippen molar-refractivity contribution in [1.82, 2.24) is 0 Å². The maximum Gasteiger partial charge on any atom is 0.0663 e. The van der Waals surface area contributed by atoms with E-state index in [1.54, 1.807) is 0 Å². The molecular formula is C15H23NO2. The van der Waals surface area contributed by atoms with Crippen molar-refractivity contribution in [2.45, 2.75) is 44.8 Å². The molecule has 2 N–H and O–H groups in total. The second-order valence-corrected chi connectivity index (χ2v) is 5.29. The van der Waals surface area contributed by atoms with Crippen molar-refractivity contribution in [3.05, 3.63) is 29.8 Å². The Hall–Kier alpha value is -1.06. The summed E-state index contributed by atoms with van der Waals surface area (Å²) in [5, 5.41) is 13.3. The number of aliphatic hydroxyl groups excluding tert-OH is 1. The van der Waals surface area contributed by atoms with Gasteiger partial charge in [0, 0.05) is 12.3 Å². The number of anilines is 1. The second-order valence-electron chi connectivity index (χ2n) is 5.29. The molecule has 1 aliphatic heterocycles. The molecule has 0 radical (unpaired) electrons. The molecule has 0 amide bonds. The van der Waals surface area contributed by atoms with E-state index in [1.165, 1.54) is 5.56 Å². The van der Waals surface area contributed by atoms with Crippen LogP contribution in [0.1, 0.15) is 31.7 Å². The van der Waals surface area contributed by atoms with Gasteiger partial charge in [0.05, 0.1) is 18.2 Å². The molecule has 0 aromatic heterocycles. The van der Waals surface area contributed by atoms with Crippen molar-refractivity contribution in [2.24, 2.45) is 0 Å². The molecule has 0 spiro atoms. The highest BCUT2D eigenvalue weighted by Crippen LogP contribution is 2.30. The number of benzene rings is 1. The summed E-state index contributed by atoms with van der Waals surface area (Å²) in [6, 6.07) is 8.30. The van der Waals surface area contributed by atoms with Gasteiger partial charge in [0.1, 0.15) is 0 Å². The summed E-state index contributed by atoms with van der Waals surface area (Å²) >= 11 is 0. The topological polar surface area (TPSA) is 41.5 Å². The number of ether oxygens (including phenoxy) is 1. The van der Waals surface area contributed by atoms with Gasteiger partial charge in [0.2, 0.25) is 0 Å². The molecular weight excluding hydrogens is 226 g/mol. The number of aryl methyl sites for hydroxylation is 1. The summed E-state index contributed by atoms with van der Waals surface area (Å²) in [7, 11) is 0. The predicted molar refractivity (Wildman–Crippen MR) is 73.9 cm³/mol. The molecule has 2 rings (SSSR count). The van der Waals surface area contributed by atoms with Crippen LogP contribution in [0, 0.1) is 6.92 Å². The monoisotopic (exact) mass is 249 g/mol. The van der Waals surface area contributed by atoms with Crippen molar-refractivity contribution in [1.29, 1.82) is 0 Å². The van der Waals surface area contributed by atoms with Gasteiger partial charge in [0.15, 0.2) is 0 Å². The average Bonchev–Trinajstić information content (AvgIpc) is 2.39. The normalized spacial score (nSPS) is 28.1. The van der Waals surface area contributed by atoms with Gasteiger partial charge in [-0.05, 0) is 43.9 Å². The molecule has 0 bridgehead atoms. The molecule has 1 aromatic carbocycles. The van der Waals surface area contributed by atoms with E-state index in [9.17, 15) is 5.11 Å². The van der Waals surface area contributed by atoms with Gasteiger partial charge in [-0.3, -0.25) is 0 Å². The Bertz CT molecular complexity index is 394. The zero-order valence-corrected chi connectivity index (χ0v) is 11.3. The van der Waals surface area contributed by atoms with Gasteiger partial charge < -0.3 is 15.2 Å². The first-order valence-corrected chi connectivity index (χ1v) is 6.75. The first-order valence-electron chi connectivity index (χ1n) is 6.75. The summed E-state index contributed by atoms with van der Waals surface area (Å²) in [5.41, 5.74) is 2.08. The maximum atomic E-state index is 9.77. The molecule has 0 saturated carbocycles. The Morgan fingerprint density at radius 2 is 2.33 bits per heavy atom. The molecule has 100 valence electrons. The van der Waals surface area contributed by atoms with E-state index in [1.807, 2.05) is 6.07 Å². The molecule has 3 nitrogen and oxygen atoms in total. The lowest BCUT2D eigenvalue weighted by molar-refractivity contribution is -0.0273. The van der Waals surface area contributed by atoms with E-state index in [2.05, 4.69) is 37.4 Å². The highest BCUT2D eigenvalue weighted by molar-refractivity contribution is 5.48. The largest absolute Gasteiger partial charge is 0.394 e. The minimum atomic E-state index is -0.229. The number of nitrogens with one attached hydrogen (secondary N) is 1. The SMILES string of the molecule is CCC1CC(CO)(Nc2cccc(C)c2)CCO1. The van der Waals surface area contributed by atoms with Crippen molar-refractivity contribution in [2.75, 3.05) is 18.5 Å². The van der Waals surface area contributed by atoms with E-state index in [4.69, 9.17) is 4.74 Å². The van der Waals surface area contributed by atoms with Gasteiger partial charge in [0.25, 0.3) is 0 Å². The fourth-order valence-corrected chi connectivity index (χ4v) is 2.61. The fraction of sp³-hybridized carbons (Fsp3) is 0.600. The Morgan fingerprint density at radius 1 is 1.50 bits per heavy atom. The third-order valence-electron chi connectivity index (χ3n) is 3.74.